The molecule has 1 nitrogen and oxygen atoms in total. The highest BCUT2D eigenvalue weighted by atomic mass is 79.9. The van der Waals surface area contributed by atoms with Gasteiger partial charge in [0.25, 0.3) is 0 Å². The average molecular weight is 359 g/mol. The molecular formula is C16H14BrF3O. The second-order valence-electron chi connectivity index (χ2n) is 4.80. The van der Waals surface area contributed by atoms with Gasteiger partial charge in [0, 0.05) is 10.4 Å². The standard InChI is InChI=1S/C16H14BrF3O/c17-15-7-2-1-6-14(15)12(10-21)8-11-4-3-5-13(9-11)16(18,19)20/h1-7,9,12,21H,8,10H2. The van der Waals surface area contributed by atoms with Crippen LogP contribution in [0, 0.1) is 0 Å². The zero-order valence-electron chi connectivity index (χ0n) is 11.1. The van der Waals surface area contributed by atoms with Crippen molar-refractivity contribution in [1.82, 2.24) is 0 Å². The third-order valence-electron chi connectivity index (χ3n) is 3.30. The van der Waals surface area contributed by atoms with Crippen LogP contribution in [0.1, 0.15) is 22.6 Å². The Morgan fingerprint density at radius 2 is 1.76 bits per heavy atom. The molecule has 2 aromatic rings. The minimum Gasteiger partial charge on any atom is -0.396 e. The van der Waals surface area contributed by atoms with Gasteiger partial charge in [0.05, 0.1) is 12.2 Å². The maximum absolute atomic E-state index is 12.7. The van der Waals surface area contributed by atoms with Crippen LogP contribution >= 0.6 is 15.9 Å². The number of hydrogen-bond acceptors (Lipinski definition) is 1. The summed E-state index contributed by atoms with van der Waals surface area (Å²) in [6.45, 7) is -0.126. The van der Waals surface area contributed by atoms with Crippen LogP contribution in [-0.4, -0.2) is 11.7 Å². The number of alkyl halides is 3. The molecule has 0 saturated heterocycles. The lowest BCUT2D eigenvalue weighted by Gasteiger charge is -2.17. The van der Waals surface area contributed by atoms with E-state index in [1.165, 1.54) is 6.07 Å². The number of benzene rings is 2. The van der Waals surface area contributed by atoms with Crippen molar-refractivity contribution in [1.29, 1.82) is 0 Å². The van der Waals surface area contributed by atoms with Gasteiger partial charge < -0.3 is 5.11 Å². The Morgan fingerprint density at radius 1 is 1.05 bits per heavy atom. The number of halogens is 4. The van der Waals surface area contributed by atoms with E-state index in [1.807, 2.05) is 24.3 Å². The predicted molar refractivity (Wildman–Crippen MR) is 79.1 cm³/mol. The molecule has 0 fully saturated rings. The fourth-order valence-corrected chi connectivity index (χ4v) is 2.85. The lowest BCUT2D eigenvalue weighted by molar-refractivity contribution is -0.137. The molecule has 0 aliphatic rings. The van der Waals surface area contributed by atoms with E-state index < -0.39 is 11.7 Å². The van der Waals surface area contributed by atoms with Crippen LogP contribution in [0.25, 0.3) is 0 Å². The van der Waals surface area contributed by atoms with E-state index in [4.69, 9.17) is 0 Å². The van der Waals surface area contributed by atoms with E-state index in [9.17, 15) is 18.3 Å². The van der Waals surface area contributed by atoms with Gasteiger partial charge in [0.15, 0.2) is 0 Å². The summed E-state index contributed by atoms with van der Waals surface area (Å²) < 4.78 is 39.0. The number of aliphatic hydroxyl groups is 1. The Bertz CT molecular complexity index is 610. The van der Waals surface area contributed by atoms with Crippen LogP contribution in [0.15, 0.2) is 53.0 Å². The molecule has 0 radical (unpaired) electrons. The largest absolute Gasteiger partial charge is 0.416 e. The first-order valence-electron chi connectivity index (χ1n) is 6.43. The summed E-state index contributed by atoms with van der Waals surface area (Å²) in [5.41, 5.74) is 0.779. The summed E-state index contributed by atoms with van der Waals surface area (Å²) in [4.78, 5) is 0. The maximum Gasteiger partial charge on any atom is 0.416 e. The Labute approximate surface area is 129 Å². The summed E-state index contributed by atoms with van der Waals surface area (Å²) in [5.74, 6) is -0.246. The van der Waals surface area contributed by atoms with Gasteiger partial charge in [0.1, 0.15) is 0 Å². The van der Waals surface area contributed by atoms with Crippen molar-refractivity contribution in [2.45, 2.75) is 18.5 Å². The van der Waals surface area contributed by atoms with Gasteiger partial charge in [-0.15, -0.1) is 0 Å². The topological polar surface area (TPSA) is 20.2 Å². The normalized spacial score (nSPS) is 13.2. The maximum atomic E-state index is 12.7. The molecule has 0 heterocycles. The van der Waals surface area contributed by atoms with E-state index in [0.29, 0.717) is 12.0 Å². The van der Waals surface area contributed by atoms with Gasteiger partial charge in [-0.2, -0.15) is 13.2 Å². The van der Waals surface area contributed by atoms with E-state index in [2.05, 4.69) is 15.9 Å². The SMILES string of the molecule is OCC(Cc1cccc(C(F)(F)F)c1)c1ccccc1Br. The van der Waals surface area contributed by atoms with Gasteiger partial charge in [-0.1, -0.05) is 52.3 Å². The molecule has 1 unspecified atom stereocenters. The van der Waals surface area contributed by atoms with Gasteiger partial charge in [-0.05, 0) is 29.7 Å². The van der Waals surface area contributed by atoms with Crippen molar-refractivity contribution in [2.24, 2.45) is 0 Å². The van der Waals surface area contributed by atoms with Crippen molar-refractivity contribution in [3.63, 3.8) is 0 Å². The van der Waals surface area contributed by atoms with Crippen LogP contribution in [0.3, 0.4) is 0 Å². The third kappa shape index (κ3) is 4.08. The molecule has 21 heavy (non-hydrogen) atoms. The van der Waals surface area contributed by atoms with Crippen molar-refractivity contribution in [3.8, 4) is 0 Å². The van der Waals surface area contributed by atoms with Crippen molar-refractivity contribution < 1.29 is 18.3 Å². The average Bonchev–Trinajstić information content (AvgIpc) is 2.45. The molecule has 0 aromatic heterocycles. The molecule has 0 spiro atoms. The molecule has 2 aromatic carbocycles. The lowest BCUT2D eigenvalue weighted by atomic mass is 9.92. The second-order valence-corrected chi connectivity index (χ2v) is 5.66. The molecule has 0 aliphatic carbocycles. The first-order chi connectivity index (χ1) is 9.91. The van der Waals surface area contributed by atoms with E-state index >= 15 is 0 Å². The van der Waals surface area contributed by atoms with Crippen LogP contribution in [0.2, 0.25) is 0 Å². The monoisotopic (exact) mass is 358 g/mol. The lowest BCUT2D eigenvalue weighted by Crippen LogP contribution is -2.10. The summed E-state index contributed by atoms with van der Waals surface area (Å²) in [6, 6.07) is 12.6. The van der Waals surface area contributed by atoms with E-state index in [0.717, 1.165) is 22.2 Å². The van der Waals surface area contributed by atoms with Crippen LogP contribution in [-0.2, 0) is 12.6 Å². The molecule has 2 rings (SSSR count). The summed E-state index contributed by atoms with van der Waals surface area (Å²) in [7, 11) is 0. The minimum atomic E-state index is -4.35. The zero-order valence-corrected chi connectivity index (χ0v) is 12.7. The molecule has 0 saturated carbocycles. The highest BCUT2D eigenvalue weighted by Crippen LogP contribution is 2.32. The summed E-state index contributed by atoms with van der Waals surface area (Å²) in [5, 5.41) is 9.55. The predicted octanol–water partition coefficient (Wildman–Crippen LogP) is 4.79. The number of hydrogen-bond donors (Lipinski definition) is 1. The Kier molecular flexibility index (Phi) is 5.06. The van der Waals surface area contributed by atoms with Gasteiger partial charge in [-0.25, -0.2) is 0 Å². The van der Waals surface area contributed by atoms with Crippen LogP contribution in [0.4, 0.5) is 13.2 Å². The van der Waals surface area contributed by atoms with Gasteiger partial charge in [0.2, 0.25) is 0 Å². The zero-order chi connectivity index (χ0) is 15.5. The van der Waals surface area contributed by atoms with Crippen molar-refractivity contribution >= 4 is 15.9 Å². The summed E-state index contributed by atoms with van der Waals surface area (Å²) >= 11 is 3.41. The van der Waals surface area contributed by atoms with Gasteiger partial charge in [-0.3, -0.25) is 0 Å². The van der Waals surface area contributed by atoms with E-state index in [-0.39, 0.29) is 12.5 Å². The summed E-state index contributed by atoms with van der Waals surface area (Å²) in [6.07, 6.45) is -4.00. The smallest absolute Gasteiger partial charge is 0.396 e. The molecule has 0 bridgehead atoms. The first-order valence-corrected chi connectivity index (χ1v) is 7.22. The molecule has 1 atom stereocenters. The fraction of sp³-hybridized carbons (Fsp3) is 0.250. The Morgan fingerprint density at radius 3 is 2.38 bits per heavy atom. The minimum absolute atomic E-state index is 0.126. The Hall–Kier alpha value is -1.33. The van der Waals surface area contributed by atoms with Crippen LogP contribution < -0.4 is 0 Å². The van der Waals surface area contributed by atoms with Crippen LogP contribution in [0.5, 0.6) is 0 Å². The van der Waals surface area contributed by atoms with Crippen molar-refractivity contribution in [2.75, 3.05) is 6.61 Å². The third-order valence-corrected chi connectivity index (χ3v) is 4.02. The molecular weight excluding hydrogens is 345 g/mol. The number of rotatable bonds is 4. The second kappa shape index (κ2) is 6.62. The molecule has 1 N–H and O–H groups in total. The van der Waals surface area contributed by atoms with E-state index in [1.54, 1.807) is 6.07 Å². The highest BCUT2D eigenvalue weighted by molar-refractivity contribution is 9.10. The molecule has 0 aliphatic heterocycles. The first kappa shape index (κ1) is 16.0. The number of aliphatic hydroxyl groups excluding tert-OH is 1. The molecule has 0 amide bonds. The van der Waals surface area contributed by atoms with Gasteiger partial charge >= 0.3 is 6.18 Å². The molecule has 5 heteroatoms. The van der Waals surface area contributed by atoms with Crippen molar-refractivity contribution in [3.05, 3.63) is 69.7 Å². The fourth-order valence-electron chi connectivity index (χ4n) is 2.24. The highest BCUT2D eigenvalue weighted by Gasteiger charge is 2.30. The Balaban J connectivity index is 2.26. The quantitative estimate of drug-likeness (QED) is 0.833. The molecule has 112 valence electrons.